The van der Waals surface area contributed by atoms with E-state index in [2.05, 4.69) is 11.5 Å². The molecule has 0 unspecified atom stereocenters. The Morgan fingerprint density at radius 2 is 1.65 bits per heavy atom. The maximum Gasteiger partial charge on any atom is 1.00 e. The Morgan fingerprint density at radius 3 is 2.00 bits per heavy atom. The van der Waals surface area contributed by atoms with Gasteiger partial charge in [0.25, 0.3) is 0 Å². The van der Waals surface area contributed by atoms with E-state index >= 15 is 0 Å². The molecule has 7 heteroatoms. The van der Waals surface area contributed by atoms with Gasteiger partial charge >= 0.3 is 58.4 Å². The number of likely N-dealkylation sites (N-methyl/N-ethyl adjacent to an activating group) is 1. The van der Waals surface area contributed by atoms with Crippen LogP contribution >= 0.6 is 0 Å². The van der Waals surface area contributed by atoms with Gasteiger partial charge in [-0.25, -0.2) is 0 Å². The van der Waals surface area contributed by atoms with Crippen molar-refractivity contribution >= 4 is 6.98 Å². The second-order valence-corrected chi connectivity index (χ2v) is 4.79. The molecule has 0 spiro atoms. The summed E-state index contributed by atoms with van der Waals surface area (Å²) in [6.45, 7) is 3.60. The van der Waals surface area contributed by atoms with Crippen LogP contribution in [0.15, 0.2) is 12.1 Å². The first kappa shape index (κ1) is 18.2. The molecule has 0 aromatic rings. The van der Waals surface area contributed by atoms with Gasteiger partial charge in [0, 0.05) is 25.2 Å². The minimum Gasteiger partial charge on any atom is -0.445 e. The summed E-state index contributed by atoms with van der Waals surface area (Å²) >= 11 is 0. The predicted octanol–water partition coefficient (Wildman–Crippen LogP) is -1.04. The first-order valence-electron chi connectivity index (χ1n) is 5.53. The third-order valence-corrected chi connectivity index (χ3v) is 3.32. The fourth-order valence-corrected chi connectivity index (χ4v) is 2.03. The van der Waals surface area contributed by atoms with E-state index in [1.807, 2.05) is 25.8 Å². The molecular formula is C10H19BF3KN2. The molecule has 0 amide bonds. The quantitative estimate of drug-likeness (QED) is 0.607. The number of hydrogen-bond donors (Lipinski definition) is 0. The third-order valence-electron chi connectivity index (χ3n) is 3.32. The van der Waals surface area contributed by atoms with Crippen LogP contribution in [-0.2, 0) is 0 Å². The number of piperazine rings is 1. The number of nitrogens with zero attached hydrogens (tertiary/aromatic N) is 2. The molecule has 0 aliphatic carbocycles. The van der Waals surface area contributed by atoms with Gasteiger partial charge in [0.15, 0.2) is 0 Å². The van der Waals surface area contributed by atoms with Crippen LogP contribution in [0.2, 0.25) is 0 Å². The molecule has 0 aromatic heterocycles. The molecule has 2 nitrogen and oxygen atoms in total. The van der Waals surface area contributed by atoms with E-state index in [0.717, 1.165) is 0 Å². The maximum absolute atomic E-state index is 12.4. The van der Waals surface area contributed by atoms with E-state index in [0.29, 0.717) is 13.1 Å². The van der Waals surface area contributed by atoms with Crippen LogP contribution in [-0.4, -0.2) is 55.5 Å². The van der Waals surface area contributed by atoms with Gasteiger partial charge in [-0.15, -0.1) is 12.1 Å². The molecule has 94 valence electrons. The zero-order chi connectivity index (χ0) is 12.5. The molecule has 0 saturated carbocycles. The minimum atomic E-state index is -4.89. The molecule has 1 saturated heterocycles. The third kappa shape index (κ3) is 5.34. The Balaban J connectivity index is 0.00000256. The Bertz CT molecular complexity index is 261. The average Bonchev–Trinajstić information content (AvgIpc) is 2.12. The predicted molar refractivity (Wildman–Crippen MR) is 61.3 cm³/mol. The fourth-order valence-electron chi connectivity index (χ4n) is 2.03. The zero-order valence-electron chi connectivity index (χ0n) is 11.1. The Labute approximate surface area is 144 Å². The average molecular weight is 274 g/mol. The summed E-state index contributed by atoms with van der Waals surface area (Å²) in [5.74, 6) is 0. The van der Waals surface area contributed by atoms with Gasteiger partial charge in [0.1, 0.15) is 0 Å². The van der Waals surface area contributed by atoms with Crippen molar-refractivity contribution in [3.63, 3.8) is 0 Å². The molecule has 1 heterocycles. The van der Waals surface area contributed by atoms with Crippen molar-refractivity contribution in [1.29, 1.82) is 0 Å². The second kappa shape index (κ2) is 7.07. The standard InChI is InChI=1S/C10H19BF3N2.K/c1-8(11(12,13)14)5-16-6-9(2)15(4)10(3)7-16;/h9-10H,1,5-7H2,2-4H3;/q-1;+1/t9-,10+;. The van der Waals surface area contributed by atoms with Gasteiger partial charge in [0.05, 0.1) is 0 Å². The van der Waals surface area contributed by atoms with Crippen molar-refractivity contribution in [1.82, 2.24) is 9.80 Å². The van der Waals surface area contributed by atoms with Crippen molar-refractivity contribution in [3.05, 3.63) is 12.1 Å². The molecule has 0 bridgehead atoms. The van der Waals surface area contributed by atoms with Crippen LogP contribution in [0.1, 0.15) is 13.8 Å². The summed E-state index contributed by atoms with van der Waals surface area (Å²) in [6.07, 6.45) is 0. The molecule has 17 heavy (non-hydrogen) atoms. The second-order valence-electron chi connectivity index (χ2n) is 4.79. The van der Waals surface area contributed by atoms with Gasteiger partial charge in [0.2, 0.25) is 0 Å². The summed E-state index contributed by atoms with van der Waals surface area (Å²) in [5, 5.41) is 0. The van der Waals surface area contributed by atoms with Crippen molar-refractivity contribution < 1.29 is 64.3 Å². The van der Waals surface area contributed by atoms with Gasteiger partial charge < -0.3 is 12.9 Å². The van der Waals surface area contributed by atoms with Gasteiger partial charge in [-0.3, -0.25) is 9.80 Å². The summed E-state index contributed by atoms with van der Waals surface area (Å²) in [7, 11) is 2.01. The molecule has 0 N–H and O–H groups in total. The first-order chi connectivity index (χ1) is 7.21. The summed E-state index contributed by atoms with van der Waals surface area (Å²) in [6, 6.07) is 0.578. The van der Waals surface area contributed by atoms with E-state index in [4.69, 9.17) is 0 Å². The van der Waals surface area contributed by atoms with Gasteiger partial charge in [-0.2, -0.15) is 0 Å². The summed E-state index contributed by atoms with van der Waals surface area (Å²) < 4.78 is 37.2. The Kier molecular flexibility index (Phi) is 7.55. The van der Waals surface area contributed by atoms with Crippen molar-refractivity contribution in [2.24, 2.45) is 0 Å². The molecular weight excluding hydrogens is 255 g/mol. The van der Waals surface area contributed by atoms with E-state index in [1.165, 1.54) is 0 Å². The SMILES string of the molecule is C=C(CN1C[C@@H](C)N(C)[C@@H](C)C1)[B-](F)(F)F.[K+]. The molecule has 1 aliphatic rings. The summed E-state index contributed by atoms with van der Waals surface area (Å²) in [5.41, 5.74) is -0.594. The van der Waals surface area contributed by atoms with Crippen LogP contribution in [0.4, 0.5) is 12.9 Å². The van der Waals surface area contributed by atoms with Gasteiger partial charge in [-0.1, -0.05) is 0 Å². The Morgan fingerprint density at radius 1 is 1.24 bits per heavy atom. The van der Waals surface area contributed by atoms with Crippen LogP contribution < -0.4 is 51.4 Å². The Hall–Kier alpha value is 1.15. The smallest absolute Gasteiger partial charge is 0.445 e. The van der Waals surface area contributed by atoms with Crippen LogP contribution in [0.25, 0.3) is 0 Å². The molecule has 1 rings (SSSR count). The normalized spacial score (nSPS) is 27.6. The number of hydrogen-bond acceptors (Lipinski definition) is 2. The largest absolute Gasteiger partial charge is 1.00 e. The fraction of sp³-hybridized carbons (Fsp3) is 0.800. The van der Waals surface area contributed by atoms with Crippen LogP contribution in [0.5, 0.6) is 0 Å². The van der Waals surface area contributed by atoms with Gasteiger partial charge in [-0.05, 0) is 27.4 Å². The van der Waals surface area contributed by atoms with Crippen molar-refractivity contribution in [3.8, 4) is 0 Å². The monoisotopic (exact) mass is 274 g/mol. The topological polar surface area (TPSA) is 6.48 Å². The van der Waals surface area contributed by atoms with Crippen molar-refractivity contribution in [2.75, 3.05) is 26.7 Å². The van der Waals surface area contributed by atoms with Crippen LogP contribution in [0, 0.1) is 0 Å². The zero-order valence-corrected chi connectivity index (χ0v) is 14.2. The van der Waals surface area contributed by atoms with Crippen molar-refractivity contribution in [2.45, 2.75) is 25.9 Å². The summed E-state index contributed by atoms with van der Waals surface area (Å²) in [4.78, 5) is 4.03. The van der Waals surface area contributed by atoms with E-state index in [1.54, 1.807) is 0 Å². The van der Waals surface area contributed by atoms with E-state index in [9.17, 15) is 12.9 Å². The van der Waals surface area contributed by atoms with E-state index in [-0.39, 0.29) is 70.0 Å². The minimum absolute atomic E-state index is 0. The van der Waals surface area contributed by atoms with Crippen LogP contribution in [0.3, 0.4) is 0 Å². The molecule has 2 atom stereocenters. The number of halogens is 3. The molecule has 0 aromatic carbocycles. The molecule has 1 aliphatic heterocycles. The van der Waals surface area contributed by atoms with E-state index < -0.39 is 12.4 Å². The maximum atomic E-state index is 12.4. The molecule has 1 fully saturated rings. The number of rotatable bonds is 3. The first-order valence-corrected chi connectivity index (χ1v) is 5.53. The molecule has 0 radical (unpaired) electrons.